The van der Waals surface area contributed by atoms with Crippen molar-refractivity contribution >= 4 is 28.1 Å². The van der Waals surface area contributed by atoms with E-state index < -0.39 is 0 Å². The molecule has 0 unspecified atom stereocenters. The van der Waals surface area contributed by atoms with Crippen molar-refractivity contribution in [2.75, 3.05) is 37.6 Å². The van der Waals surface area contributed by atoms with E-state index in [4.69, 9.17) is 5.10 Å². The molecule has 4 aromatic carbocycles. The Labute approximate surface area is 217 Å². The van der Waals surface area contributed by atoms with Gasteiger partial charge in [0, 0.05) is 32.6 Å². The highest BCUT2D eigenvalue weighted by molar-refractivity contribution is 6.05. The van der Waals surface area contributed by atoms with Crippen LogP contribution >= 0.6 is 0 Å². The highest BCUT2D eigenvalue weighted by atomic mass is 16.3. The highest BCUT2D eigenvalue weighted by Gasteiger charge is 2.34. The second-order valence-corrected chi connectivity index (χ2v) is 9.73. The summed E-state index contributed by atoms with van der Waals surface area (Å²) < 4.78 is 0. The first-order valence-electron chi connectivity index (χ1n) is 12.8. The number of fused-ring (bicyclic) bond motifs is 1. The maximum atomic E-state index is 13.6. The molecule has 2 heterocycles. The van der Waals surface area contributed by atoms with E-state index >= 15 is 0 Å². The standard InChI is InChI=1S/C31H30N4O2/c36-30-13-7-6-12-28(30)34-18-16-33(17-19-34)22-31(37)35-29(24-9-2-1-3-10-24)21-27(32-35)26-15-14-23-8-4-5-11-25(23)20-26/h1-15,20,29,36H,16-19,21-22H2/t29-/m1/s1. The van der Waals surface area contributed by atoms with Crippen molar-refractivity contribution in [3.63, 3.8) is 0 Å². The molecule has 4 aromatic rings. The number of anilines is 1. The van der Waals surface area contributed by atoms with Gasteiger partial charge in [0.05, 0.1) is 24.0 Å². The first-order chi connectivity index (χ1) is 18.2. The number of rotatable bonds is 5. The van der Waals surface area contributed by atoms with Crippen LogP contribution in [0.15, 0.2) is 102 Å². The Bertz CT molecular complexity index is 1440. The van der Waals surface area contributed by atoms with Crippen LogP contribution in [0.4, 0.5) is 5.69 Å². The van der Waals surface area contributed by atoms with E-state index in [9.17, 15) is 9.90 Å². The molecule has 1 saturated heterocycles. The number of nitrogens with zero attached hydrogens (tertiary/aromatic N) is 4. The molecule has 6 rings (SSSR count). The third-order valence-corrected chi connectivity index (χ3v) is 7.39. The maximum absolute atomic E-state index is 13.6. The van der Waals surface area contributed by atoms with Crippen LogP contribution in [-0.4, -0.2) is 59.4 Å². The summed E-state index contributed by atoms with van der Waals surface area (Å²) in [5.41, 5.74) is 3.95. The van der Waals surface area contributed by atoms with Crippen LogP contribution in [-0.2, 0) is 4.79 Å². The van der Waals surface area contributed by atoms with Gasteiger partial charge in [0.25, 0.3) is 5.91 Å². The molecule has 37 heavy (non-hydrogen) atoms. The van der Waals surface area contributed by atoms with Gasteiger partial charge in [-0.15, -0.1) is 0 Å². The molecule has 6 nitrogen and oxygen atoms in total. The van der Waals surface area contributed by atoms with Crippen molar-refractivity contribution in [3.05, 3.63) is 108 Å². The zero-order valence-electron chi connectivity index (χ0n) is 20.7. The number of hydrogen-bond donors (Lipinski definition) is 1. The van der Waals surface area contributed by atoms with Gasteiger partial charge in [-0.1, -0.05) is 78.9 Å². The number of carbonyl (C=O) groups is 1. The summed E-state index contributed by atoms with van der Waals surface area (Å²) in [5, 5.41) is 19.2. The van der Waals surface area contributed by atoms with Gasteiger partial charge in [-0.05, 0) is 40.1 Å². The number of carbonyl (C=O) groups excluding carboxylic acids is 1. The number of aromatic hydroxyl groups is 1. The Morgan fingerprint density at radius 2 is 1.51 bits per heavy atom. The molecule has 6 heteroatoms. The van der Waals surface area contributed by atoms with Crippen molar-refractivity contribution in [3.8, 4) is 5.75 Å². The second-order valence-electron chi connectivity index (χ2n) is 9.73. The molecule has 0 saturated carbocycles. The van der Waals surface area contributed by atoms with Crippen LogP contribution in [0.5, 0.6) is 5.75 Å². The first-order valence-corrected chi connectivity index (χ1v) is 12.8. The monoisotopic (exact) mass is 490 g/mol. The number of phenolic OH excluding ortho intramolecular Hbond substituents is 1. The lowest BCUT2D eigenvalue weighted by molar-refractivity contribution is -0.134. The fourth-order valence-corrected chi connectivity index (χ4v) is 5.36. The lowest BCUT2D eigenvalue weighted by Gasteiger charge is -2.36. The molecular weight excluding hydrogens is 460 g/mol. The van der Waals surface area contributed by atoms with Crippen LogP contribution in [0.1, 0.15) is 23.6 Å². The highest BCUT2D eigenvalue weighted by Crippen LogP contribution is 2.34. The molecule has 1 atom stereocenters. The lowest BCUT2D eigenvalue weighted by atomic mass is 9.97. The molecule has 0 bridgehead atoms. The fraction of sp³-hybridized carbons (Fsp3) is 0.226. The SMILES string of the molecule is O=C(CN1CCN(c2ccccc2O)CC1)N1N=C(c2ccc3ccccc3c2)C[C@@H]1c1ccccc1. The zero-order valence-corrected chi connectivity index (χ0v) is 20.7. The van der Waals surface area contributed by atoms with Crippen molar-refractivity contribution in [2.24, 2.45) is 5.10 Å². The summed E-state index contributed by atoms with van der Waals surface area (Å²) in [6.07, 6.45) is 0.690. The number of benzene rings is 4. The van der Waals surface area contributed by atoms with E-state index in [-0.39, 0.29) is 11.9 Å². The van der Waals surface area contributed by atoms with Crippen LogP contribution in [0.2, 0.25) is 0 Å². The van der Waals surface area contributed by atoms with Crippen molar-refractivity contribution in [2.45, 2.75) is 12.5 Å². The summed E-state index contributed by atoms with van der Waals surface area (Å²) in [7, 11) is 0. The van der Waals surface area contributed by atoms with Crippen LogP contribution < -0.4 is 4.90 Å². The fourth-order valence-electron chi connectivity index (χ4n) is 5.36. The second kappa shape index (κ2) is 10.1. The Morgan fingerprint density at radius 1 is 0.811 bits per heavy atom. The Kier molecular flexibility index (Phi) is 6.33. The van der Waals surface area contributed by atoms with E-state index in [1.807, 2.05) is 48.5 Å². The van der Waals surface area contributed by atoms with Crippen molar-refractivity contribution in [1.29, 1.82) is 0 Å². The van der Waals surface area contributed by atoms with Gasteiger partial charge in [-0.3, -0.25) is 9.69 Å². The predicted molar refractivity (Wildman–Crippen MR) is 148 cm³/mol. The van der Waals surface area contributed by atoms with Gasteiger partial charge in [0.2, 0.25) is 0 Å². The van der Waals surface area contributed by atoms with Gasteiger partial charge < -0.3 is 10.0 Å². The van der Waals surface area contributed by atoms with E-state index in [0.717, 1.165) is 48.7 Å². The lowest BCUT2D eigenvalue weighted by Crippen LogP contribution is -2.49. The van der Waals surface area contributed by atoms with E-state index in [1.54, 1.807) is 11.1 Å². The van der Waals surface area contributed by atoms with Crippen LogP contribution in [0.25, 0.3) is 10.8 Å². The Morgan fingerprint density at radius 3 is 2.30 bits per heavy atom. The molecule has 1 fully saturated rings. The van der Waals surface area contributed by atoms with Gasteiger partial charge in [-0.2, -0.15) is 5.10 Å². The number of para-hydroxylation sites is 2. The Hall–Kier alpha value is -4.16. The van der Waals surface area contributed by atoms with Gasteiger partial charge >= 0.3 is 0 Å². The van der Waals surface area contributed by atoms with Crippen molar-refractivity contribution in [1.82, 2.24) is 9.91 Å². The van der Waals surface area contributed by atoms with E-state index in [0.29, 0.717) is 18.7 Å². The van der Waals surface area contributed by atoms with Gasteiger partial charge in [0.15, 0.2) is 0 Å². The molecule has 0 aromatic heterocycles. The summed E-state index contributed by atoms with van der Waals surface area (Å²) >= 11 is 0. The molecule has 186 valence electrons. The van der Waals surface area contributed by atoms with E-state index in [2.05, 4.69) is 52.3 Å². The predicted octanol–water partition coefficient (Wildman–Crippen LogP) is 5.05. The van der Waals surface area contributed by atoms with Gasteiger partial charge in [-0.25, -0.2) is 5.01 Å². The number of phenols is 1. The molecular formula is C31H30N4O2. The minimum absolute atomic E-state index is 0.0145. The van der Waals surface area contributed by atoms with Crippen LogP contribution in [0.3, 0.4) is 0 Å². The summed E-state index contributed by atoms with van der Waals surface area (Å²) in [5.74, 6) is 0.311. The molecule has 2 aliphatic rings. The summed E-state index contributed by atoms with van der Waals surface area (Å²) in [6.45, 7) is 3.36. The molecule has 2 aliphatic heterocycles. The summed E-state index contributed by atoms with van der Waals surface area (Å²) in [6, 6.07) is 32.2. The maximum Gasteiger partial charge on any atom is 0.257 e. The topological polar surface area (TPSA) is 59.4 Å². The number of hydrogen-bond acceptors (Lipinski definition) is 5. The smallest absolute Gasteiger partial charge is 0.257 e. The molecule has 0 spiro atoms. The van der Waals surface area contributed by atoms with Gasteiger partial charge in [0.1, 0.15) is 5.75 Å². The number of hydrazone groups is 1. The average Bonchev–Trinajstić information content (AvgIpc) is 3.40. The molecule has 0 aliphatic carbocycles. The Balaban J connectivity index is 1.20. The normalized spacial score (nSPS) is 18.3. The van der Waals surface area contributed by atoms with E-state index in [1.165, 1.54) is 10.8 Å². The first kappa shape index (κ1) is 23.3. The van der Waals surface area contributed by atoms with Crippen molar-refractivity contribution < 1.29 is 9.90 Å². The largest absolute Gasteiger partial charge is 0.506 e. The summed E-state index contributed by atoms with van der Waals surface area (Å²) in [4.78, 5) is 18.0. The average molecular weight is 491 g/mol. The quantitative estimate of drug-likeness (QED) is 0.426. The molecule has 0 radical (unpaired) electrons. The minimum atomic E-state index is -0.113. The molecule has 1 amide bonds. The van der Waals surface area contributed by atoms with Crippen LogP contribution in [0, 0.1) is 0 Å². The third-order valence-electron chi connectivity index (χ3n) is 7.39. The number of amides is 1. The minimum Gasteiger partial charge on any atom is -0.506 e. The third kappa shape index (κ3) is 4.80. The molecule has 1 N–H and O–H groups in total. The zero-order chi connectivity index (χ0) is 25.2. The number of piperazine rings is 1.